The van der Waals surface area contributed by atoms with E-state index in [2.05, 4.69) is 0 Å². The Morgan fingerprint density at radius 2 is 1.60 bits per heavy atom. The molecule has 0 bridgehead atoms. The maximum Gasteiger partial charge on any atom is 0.395 e. The van der Waals surface area contributed by atoms with Crippen LogP contribution in [0.25, 0.3) is 0 Å². The topological polar surface area (TPSA) is 93.1 Å². The smallest absolute Gasteiger partial charge is 0.395 e. The van der Waals surface area contributed by atoms with Crippen molar-refractivity contribution >= 4 is 11.9 Å². The van der Waals surface area contributed by atoms with Gasteiger partial charge in [0.2, 0.25) is 0 Å². The fourth-order valence-corrected chi connectivity index (χ4v) is 1.34. The predicted molar refractivity (Wildman–Crippen MR) is 72.4 cm³/mol. The Labute approximate surface area is 119 Å². The van der Waals surface area contributed by atoms with Crippen molar-refractivity contribution in [3.63, 3.8) is 0 Å². The maximum atomic E-state index is 11.4. The van der Waals surface area contributed by atoms with Crippen LogP contribution in [0.3, 0.4) is 0 Å². The van der Waals surface area contributed by atoms with E-state index in [4.69, 9.17) is 14.6 Å². The Hall–Kier alpha value is -1.40. The van der Waals surface area contributed by atoms with Gasteiger partial charge in [-0.15, -0.1) is 0 Å². The lowest BCUT2D eigenvalue weighted by molar-refractivity contribution is -0.296. The second kappa shape index (κ2) is 9.50. The van der Waals surface area contributed by atoms with E-state index >= 15 is 0 Å². The molecule has 0 radical (unpaired) electrons. The van der Waals surface area contributed by atoms with Crippen LogP contribution in [0.4, 0.5) is 0 Å². The number of hydrogen-bond donors (Lipinski definition) is 2. The standard InChI is InChI=1S/C14H24O6/c1-4-7-12(16)19-14(18,10-6-9-11(3)15)20-13(17)8-5-2/h6,10-11,15,18H,4-5,7-9H2,1-3H3/b10-6+. The molecule has 0 heterocycles. The van der Waals surface area contributed by atoms with Gasteiger partial charge in [-0.2, -0.15) is 0 Å². The summed E-state index contributed by atoms with van der Waals surface area (Å²) in [7, 11) is 0. The molecule has 0 aromatic rings. The molecule has 20 heavy (non-hydrogen) atoms. The van der Waals surface area contributed by atoms with E-state index in [-0.39, 0.29) is 19.3 Å². The van der Waals surface area contributed by atoms with Gasteiger partial charge < -0.3 is 19.7 Å². The number of aliphatic hydroxyl groups excluding tert-OH is 1. The number of aliphatic hydroxyl groups is 2. The Bertz CT molecular complexity index is 315. The number of carbonyl (C=O) groups is 2. The van der Waals surface area contributed by atoms with Crippen LogP contribution >= 0.6 is 0 Å². The molecule has 0 rings (SSSR count). The van der Waals surface area contributed by atoms with Crippen LogP contribution in [0.5, 0.6) is 0 Å². The summed E-state index contributed by atoms with van der Waals surface area (Å²) in [6, 6.07) is 0. The molecule has 116 valence electrons. The van der Waals surface area contributed by atoms with E-state index in [0.29, 0.717) is 12.8 Å². The van der Waals surface area contributed by atoms with Gasteiger partial charge in [0.15, 0.2) is 0 Å². The molecule has 0 aliphatic rings. The first-order valence-corrected chi connectivity index (χ1v) is 6.84. The summed E-state index contributed by atoms with van der Waals surface area (Å²) < 4.78 is 9.56. The first kappa shape index (κ1) is 18.6. The van der Waals surface area contributed by atoms with Crippen LogP contribution in [-0.4, -0.2) is 34.2 Å². The molecule has 0 saturated carbocycles. The number of ether oxygens (including phenoxy) is 2. The number of hydrogen-bond acceptors (Lipinski definition) is 6. The van der Waals surface area contributed by atoms with Gasteiger partial charge in [-0.3, -0.25) is 9.59 Å². The molecule has 6 heteroatoms. The highest BCUT2D eigenvalue weighted by Crippen LogP contribution is 2.16. The molecular formula is C14H24O6. The quantitative estimate of drug-likeness (QED) is 0.380. The molecule has 1 unspecified atom stereocenters. The van der Waals surface area contributed by atoms with Gasteiger partial charge in [0, 0.05) is 18.9 Å². The predicted octanol–water partition coefficient (Wildman–Crippen LogP) is 1.65. The van der Waals surface area contributed by atoms with Crippen molar-refractivity contribution in [2.24, 2.45) is 0 Å². The monoisotopic (exact) mass is 288 g/mol. The van der Waals surface area contributed by atoms with Crippen molar-refractivity contribution in [1.29, 1.82) is 0 Å². The molecule has 0 aliphatic heterocycles. The van der Waals surface area contributed by atoms with Gasteiger partial charge in [-0.25, -0.2) is 0 Å². The maximum absolute atomic E-state index is 11.4. The molecule has 0 amide bonds. The van der Waals surface area contributed by atoms with Crippen molar-refractivity contribution in [2.75, 3.05) is 0 Å². The van der Waals surface area contributed by atoms with Crippen molar-refractivity contribution in [1.82, 2.24) is 0 Å². The third-order valence-corrected chi connectivity index (χ3v) is 2.23. The zero-order valence-electron chi connectivity index (χ0n) is 12.3. The lowest BCUT2D eigenvalue weighted by Gasteiger charge is -2.24. The molecule has 2 N–H and O–H groups in total. The van der Waals surface area contributed by atoms with E-state index in [1.165, 1.54) is 6.08 Å². The second-order valence-electron chi connectivity index (χ2n) is 4.57. The van der Waals surface area contributed by atoms with Crippen LogP contribution in [0.1, 0.15) is 52.9 Å². The van der Waals surface area contributed by atoms with E-state index in [0.717, 1.165) is 6.08 Å². The Kier molecular flexibility index (Phi) is 8.83. The van der Waals surface area contributed by atoms with Crippen molar-refractivity contribution in [3.8, 4) is 0 Å². The highest BCUT2D eigenvalue weighted by molar-refractivity contribution is 5.72. The Morgan fingerprint density at radius 1 is 1.15 bits per heavy atom. The molecule has 0 spiro atoms. The van der Waals surface area contributed by atoms with Crippen LogP contribution in [0, 0.1) is 0 Å². The zero-order chi connectivity index (χ0) is 15.6. The average molecular weight is 288 g/mol. The Balaban J connectivity index is 4.77. The molecule has 0 aromatic heterocycles. The third-order valence-electron chi connectivity index (χ3n) is 2.23. The number of rotatable bonds is 9. The van der Waals surface area contributed by atoms with Crippen LogP contribution < -0.4 is 0 Å². The highest BCUT2D eigenvalue weighted by Gasteiger charge is 2.33. The number of carbonyl (C=O) groups excluding carboxylic acids is 2. The summed E-state index contributed by atoms with van der Waals surface area (Å²) >= 11 is 0. The van der Waals surface area contributed by atoms with E-state index < -0.39 is 24.0 Å². The van der Waals surface area contributed by atoms with E-state index in [1.54, 1.807) is 20.8 Å². The zero-order valence-corrected chi connectivity index (χ0v) is 12.3. The van der Waals surface area contributed by atoms with Gasteiger partial charge in [0.05, 0.1) is 6.10 Å². The van der Waals surface area contributed by atoms with Gasteiger partial charge in [0.1, 0.15) is 0 Å². The van der Waals surface area contributed by atoms with Crippen LogP contribution in [0.15, 0.2) is 12.2 Å². The molecule has 6 nitrogen and oxygen atoms in total. The summed E-state index contributed by atoms with van der Waals surface area (Å²) in [6.45, 7) is 5.13. The minimum absolute atomic E-state index is 0.109. The fraction of sp³-hybridized carbons (Fsp3) is 0.714. The van der Waals surface area contributed by atoms with Crippen molar-refractivity contribution in [2.45, 2.75) is 65.0 Å². The van der Waals surface area contributed by atoms with Gasteiger partial charge in [-0.1, -0.05) is 19.9 Å². The van der Waals surface area contributed by atoms with Gasteiger partial charge >= 0.3 is 17.9 Å². The molecule has 0 aliphatic carbocycles. The normalized spacial score (nSPS) is 13.2. The largest absolute Gasteiger partial charge is 0.395 e. The lowest BCUT2D eigenvalue weighted by Crippen LogP contribution is -2.38. The molecular weight excluding hydrogens is 264 g/mol. The number of esters is 2. The summed E-state index contributed by atoms with van der Waals surface area (Å²) in [4.78, 5) is 22.9. The van der Waals surface area contributed by atoms with E-state index in [1.807, 2.05) is 0 Å². The van der Waals surface area contributed by atoms with Crippen LogP contribution in [0.2, 0.25) is 0 Å². The minimum Gasteiger partial charge on any atom is -0.395 e. The minimum atomic E-state index is -2.41. The lowest BCUT2D eigenvalue weighted by atomic mass is 10.2. The molecule has 1 atom stereocenters. The van der Waals surface area contributed by atoms with Crippen molar-refractivity contribution in [3.05, 3.63) is 12.2 Å². The second-order valence-corrected chi connectivity index (χ2v) is 4.57. The third kappa shape index (κ3) is 8.66. The molecule has 0 saturated heterocycles. The highest BCUT2D eigenvalue weighted by atomic mass is 16.8. The molecule has 0 aromatic carbocycles. The van der Waals surface area contributed by atoms with Crippen molar-refractivity contribution < 1.29 is 29.3 Å². The summed E-state index contributed by atoms with van der Waals surface area (Å²) in [5.74, 6) is -3.74. The SMILES string of the molecule is CCCC(=O)OC(O)(/C=C/CC(C)O)OC(=O)CCC. The fourth-order valence-electron chi connectivity index (χ4n) is 1.34. The van der Waals surface area contributed by atoms with E-state index in [9.17, 15) is 14.7 Å². The van der Waals surface area contributed by atoms with Gasteiger partial charge in [0.25, 0.3) is 0 Å². The summed E-state index contributed by atoms with van der Waals surface area (Å²) in [5, 5.41) is 19.2. The molecule has 0 fully saturated rings. The summed E-state index contributed by atoms with van der Waals surface area (Å²) in [6.07, 6.45) is 3.39. The Morgan fingerprint density at radius 3 is 1.95 bits per heavy atom. The van der Waals surface area contributed by atoms with Gasteiger partial charge in [-0.05, 0) is 26.2 Å². The first-order valence-electron chi connectivity index (χ1n) is 6.84. The average Bonchev–Trinajstić information content (AvgIpc) is 2.27. The van der Waals surface area contributed by atoms with Crippen LogP contribution in [-0.2, 0) is 19.1 Å². The first-order chi connectivity index (χ1) is 9.33. The summed E-state index contributed by atoms with van der Waals surface area (Å²) in [5.41, 5.74) is 0.